The second-order valence-corrected chi connectivity index (χ2v) is 8.29. The molecule has 6 heteroatoms. The summed E-state index contributed by atoms with van der Waals surface area (Å²) in [6, 6.07) is 9.87. The molecule has 0 saturated heterocycles. The lowest BCUT2D eigenvalue weighted by atomic mass is 9.92. The van der Waals surface area contributed by atoms with Gasteiger partial charge in [-0.15, -0.1) is 0 Å². The maximum atomic E-state index is 12.8. The molecule has 1 aromatic heterocycles. The molecule has 2 aromatic rings. The van der Waals surface area contributed by atoms with E-state index in [2.05, 4.69) is 41.0 Å². The summed E-state index contributed by atoms with van der Waals surface area (Å²) >= 11 is 0. The summed E-state index contributed by atoms with van der Waals surface area (Å²) in [6.45, 7) is 6.45. The van der Waals surface area contributed by atoms with Crippen LogP contribution in [0.3, 0.4) is 0 Å². The summed E-state index contributed by atoms with van der Waals surface area (Å²) in [7, 11) is 0. The zero-order chi connectivity index (χ0) is 19.0. The number of hydrogen-bond acceptors (Lipinski definition) is 4. The van der Waals surface area contributed by atoms with Crippen molar-refractivity contribution in [3.8, 4) is 0 Å². The van der Waals surface area contributed by atoms with E-state index in [1.54, 1.807) is 0 Å². The highest BCUT2D eigenvalue weighted by atomic mass is 16.6. The molecule has 2 aliphatic rings. The Morgan fingerprint density at radius 2 is 2.04 bits per heavy atom. The molecule has 1 N–H and O–H groups in total. The Kier molecular flexibility index (Phi) is 4.50. The summed E-state index contributed by atoms with van der Waals surface area (Å²) in [5, 5.41) is 11.8. The van der Waals surface area contributed by atoms with Crippen LogP contribution in [0.25, 0.3) is 0 Å². The summed E-state index contributed by atoms with van der Waals surface area (Å²) in [5.41, 5.74) is 3.79. The topological polar surface area (TPSA) is 68.5 Å². The predicted molar refractivity (Wildman–Crippen MR) is 103 cm³/mol. The molecule has 4 rings (SSSR count). The van der Waals surface area contributed by atoms with Crippen molar-refractivity contribution in [3.63, 3.8) is 0 Å². The van der Waals surface area contributed by atoms with Gasteiger partial charge < -0.3 is 10.2 Å². The number of aromatic nitrogens is 2. The lowest BCUT2D eigenvalue weighted by Crippen LogP contribution is -2.36. The van der Waals surface area contributed by atoms with Crippen LogP contribution < -0.4 is 5.32 Å². The van der Waals surface area contributed by atoms with Crippen LogP contribution in [-0.4, -0.2) is 21.4 Å². The van der Waals surface area contributed by atoms with Crippen molar-refractivity contribution in [1.82, 2.24) is 15.1 Å². The second-order valence-electron chi connectivity index (χ2n) is 8.29. The van der Waals surface area contributed by atoms with Crippen LogP contribution in [0, 0.1) is 0 Å². The van der Waals surface area contributed by atoms with Crippen molar-refractivity contribution < 1.29 is 9.63 Å². The minimum absolute atomic E-state index is 0.0178. The van der Waals surface area contributed by atoms with Gasteiger partial charge >= 0.3 is 0 Å². The fraction of sp³-hybridized carbons (Fsp3) is 0.476. The van der Waals surface area contributed by atoms with Gasteiger partial charge in [0.15, 0.2) is 6.10 Å². The Labute approximate surface area is 159 Å². The molecular formula is C21H26N4O2. The highest BCUT2D eigenvalue weighted by molar-refractivity contribution is 6.39. The largest absolute Gasteiger partial charge is 0.387 e. The van der Waals surface area contributed by atoms with E-state index in [0.29, 0.717) is 12.1 Å². The van der Waals surface area contributed by atoms with Gasteiger partial charge in [0.25, 0.3) is 5.91 Å². The van der Waals surface area contributed by atoms with Crippen molar-refractivity contribution in [2.75, 3.05) is 0 Å². The molecule has 0 spiro atoms. The van der Waals surface area contributed by atoms with Crippen LogP contribution in [0.5, 0.6) is 0 Å². The van der Waals surface area contributed by atoms with Crippen molar-refractivity contribution in [1.29, 1.82) is 0 Å². The zero-order valence-corrected chi connectivity index (χ0v) is 16.1. The van der Waals surface area contributed by atoms with E-state index in [1.807, 2.05) is 36.5 Å². The van der Waals surface area contributed by atoms with Crippen LogP contribution in [0.2, 0.25) is 0 Å². The van der Waals surface area contributed by atoms with Gasteiger partial charge in [0.2, 0.25) is 0 Å². The van der Waals surface area contributed by atoms with Crippen LogP contribution in [-0.2, 0) is 21.6 Å². The summed E-state index contributed by atoms with van der Waals surface area (Å²) < 4.78 is 2.09. The average Bonchev–Trinajstić information content (AvgIpc) is 3.30. The van der Waals surface area contributed by atoms with Crippen LogP contribution in [0.1, 0.15) is 69.0 Å². The third-order valence-corrected chi connectivity index (χ3v) is 5.23. The lowest BCUT2D eigenvalue weighted by Gasteiger charge is -2.28. The standard InChI is InChI=1S/C21H26N4O2/c1-21(2,3)25-18-11-7-10-16(15(18)13-22-25)23-20(26)17-12-19(27-24-17)14-8-5-4-6-9-14/h4-6,8-9,13,16,19H,7,10-12H2,1-3H3,(H,23,26)/t16-,19+/m0/s1. The van der Waals surface area contributed by atoms with Crippen LogP contribution >= 0.6 is 0 Å². The highest BCUT2D eigenvalue weighted by Crippen LogP contribution is 2.33. The number of amides is 1. The molecule has 2 atom stereocenters. The Morgan fingerprint density at radius 3 is 2.78 bits per heavy atom. The molecular weight excluding hydrogens is 340 g/mol. The zero-order valence-electron chi connectivity index (χ0n) is 16.1. The fourth-order valence-electron chi connectivity index (χ4n) is 3.88. The minimum atomic E-state index is -0.183. The van der Waals surface area contributed by atoms with E-state index in [0.717, 1.165) is 30.4 Å². The summed E-state index contributed by atoms with van der Waals surface area (Å²) in [6.07, 6.45) is 5.18. The lowest BCUT2D eigenvalue weighted by molar-refractivity contribution is -0.115. The number of carbonyl (C=O) groups excluding carboxylic acids is 1. The molecule has 2 heterocycles. The maximum absolute atomic E-state index is 12.8. The number of fused-ring (bicyclic) bond motifs is 1. The second kappa shape index (κ2) is 6.83. The van der Waals surface area contributed by atoms with Crippen LogP contribution in [0.15, 0.2) is 41.7 Å². The molecule has 0 saturated carbocycles. The predicted octanol–water partition coefficient (Wildman–Crippen LogP) is 3.65. The molecule has 1 amide bonds. The van der Waals surface area contributed by atoms with E-state index in [9.17, 15) is 4.79 Å². The van der Waals surface area contributed by atoms with Crippen LogP contribution in [0.4, 0.5) is 0 Å². The van der Waals surface area contributed by atoms with Gasteiger partial charge in [-0.05, 0) is 45.6 Å². The first-order valence-corrected chi connectivity index (χ1v) is 9.59. The first kappa shape index (κ1) is 17.8. The Balaban J connectivity index is 1.45. The third-order valence-electron chi connectivity index (χ3n) is 5.23. The monoisotopic (exact) mass is 366 g/mol. The number of nitrogens with one attached hydrogen (secondary N) is 1. The van der Waals surface area contributed by atoms with E-state index >= 15 is 0 Å². The number of benzene rings is 1. The number of hydrogen-bond donors (Lipinski definition) is 1. The smallest absolute Gasteiger partial charge is 0.269 e. The summed E-state index contributed by atoms with van der Waals surface area (Å²) in [5.74, 6) is -0.144. The van der Waals surface area contributed by atoms with Gasteiger partial charge in [0, 0.05) is 17.7 Å². The molecule has 0 fully saturated rings. The normalized spacial score (nSPS) is 22.0. The van der Waals surface area contributed by atoms with Crippen molar-refractivity contribution >= 4 is 11.6 Å². The van der Waals surface area contributed by atoms with Gasteiger partial charge in [0.1, 0.15) is 5.71 Å². The number of nitrogens with zero attached hydrogens (tertiary/aromatic N) is 3. The minimum Gasteiger partial charge on any atom is -0.387 e. The first-order chi connectivity index (χ1) is 12.9. The number of rotatable bonds is 3. The molecule has 142 valence electrons. The van der Waals surface area contributed by atoms with Gasteiger partial charge in [-0.3, -0.25) is 9.48 Å². The Morgan fingerprint density at radius 1 is 1.26 bits per heavy atom. The summed E-state index contributed by atoms with van der Waals surface area (Å²) in [4.78, 5) is 18.2. The number of oxime groups is 1. The van der Waals surface area contributed by atoms with Gasteiger partial charge in [0.05, 0.1) is 17.8 Å². The molecule has 0 bridgehead atoms. The van der Waals surface area contributed by atoms with Gasteiger partial charge in [-0.1, -0.05) is 35.5 Å². The van der Waals surface area contributed by atoms with E-state index in [-0.39, 0.29) is 23.6 Å². The molecule has 6 nitrogen and oxygen atoms in total. The quantitative estimate of drug-likeness (QED) is 0.901. The maximum Gasteiger partial charge on any atom is 0.269 e. The van der Waals surface area contributed by atoms with Gasteiger partial charge in [-0.25, -0.2) is 0 Å². The van der Waals surface area contributed by atoms with E-state index in [1.165, 1.54) is 5.69 Å². The van der Waals surface area contributed by atoms with E-state index in [4.69, 9.17) is 4.84 Å². The molecule has 27 heavy (non-hydrogen) atoms. The molecule has 1 aromatic carbocycles. The molecule has 0 unspecified atom stereocenters. The molecule has 1 aliphatic heterocycles. The molecule has 0 radical (unpaired) electrons. The van der Waals surface area contributed by atoms with Crippen molar-refractivity contribution in [2.24, 2.45) is 5.16 Å². The first-order valence-electron chi connectivity index (χ1n) is 9.59. The van der Waals surface area contributed by atoms with E-state index < -0.39 is 0 Å². The van der Waals surface area contributed by atoms with Crippen molar-refractivity contribution in [3.05, 3.63) is 53.3 Å². The fourth-order valence-corrected chi connectivity index (χ4v) is 3.88. The third kappa shape index (κ3) is 3.48. The van der Waals surface area contributed by atoms with Gasteiger partial charge in [-0.2, -0.15) is 5.10 Å². The Bertz CT molecular complexity index is 864. The Hall–Kier alpha value is -2.63. The SMILES string of the molecule is CC(C)(C)n1ncc2c1CCC[C@@H]2NC(=O)C1=NO[C@@H](c2ccccc2)C1. The van der Waals surface area contributed by atoms with Crippen molar-refractivity contribution in [2.45, 2.75) is 64.1 Å². The average molecular weight is 366 g/mol. The molecule has 1 aliphatic carbocycles. The highest BCUT2D eigenvalue weighted by Gasteiger charge is 2.32. The number of carbonyl (C=O) groups is 1.